The first kappa shape index (κ1) is 16.4. The largest absolute Gasteiger partial charge is 0.396 e. The molecule has 1 aliphatic heterocycles. The van der Waals surface area contributed by atoms with E-state index in [9.17, 15) is 14.3 Å². The molecule has 1 unspecified atom stereocenters. The standard InChI is InChI=1S/C18H20FN3O2/c19-14-5-1-6-15(10-14)21-17-16(7-2-8-20-17)18(24)22-9-3-4-13(11-22)12-23/h1-2,5-8,10,13,23H,3-4,9,11-12H2,(H,20,21). The zero-order chi connectivity index (χ0) is 16.9. The van der Waals surface area contributed by atoms with Crippen molar-refractivity contribution in [3.05, 3.63) is 54.0 Å². The zero-order valence-electron chi connectivity index (χ0n) is 13.3. The van der Waals surface area contributed by atoms with E-state index < -0.39 is 0 Å². The van der Waals surface area contributed by atoms with Gasteiger partial charge in [-0.2, -0.15) is 0 Å². The number of aliphatic hydroxyl groups excluding tert-OH is 1. The summed E-state index contributed by atoms with van der Waals surface area (Å²) in [6, 6.07) is 9.44. The van der Waals surface area contributed by atoms with E-state index in [0.717, 1.165) is 12.8 Å². The van der Waals surface area contributed by atoms with Crippen molar-refractivity contribution in [2.45, 2.75) is 12.8 Å². The molecule has 1 aromatic carbocycles. The van der Waals surface area contributed by atoms with Crippen LogP contribution >= 0.6 is 0 Å². The Kier molecular flexibility index (Phi) is 5.05. The Morgan fingerprint density at radius 1 is 1.38 bits per heavy atom. The van der Waals surface area contributed by atoms with Crippen LogP contribution in [-0.4, -0.2) is 40.6 Å². The molecule has 1 saturated heterocycles. The lowest BCUT2D eigenvalue weighted by Crippen LogP contribution is -2.41. The molecule has 1 atom stereocenters. The number of carbonyl (C=O) groups is 1. The molecule has 0 bridgehead atoms. The summed E-state index contributed by atoms with van der Waals surface area (Å²) >= 11 is 0. The number of likely N-dealkylation sites (tertiary alicyclic amines) is 1. The van der Waals surface area contributed by atoms with Crippen LogP contribution in [0.5, 0.6) is 0 Å². The van der Waals surface area contributed by atoms with Crippen molar-refractivity contribution < 1.29 is 14.3 Å². The van der Waals surface area contributed by atoms with Crippen molar-refractivity contribution in [2.75, 3.05) is 25.0 Å². The van der Waals surface area contributed by atoms with Crippen LogP contribution in [0.4, 0.5) is 15.9 Å². The third-order valence-corrected chi connectivity index (χ3v) is 4.19. The molecule has 1 aromatic heterocycles. The highest BCUT2D eigenvalue weighted by molar-refractivity contribution is 5.99. The number of carbonyl (C=O) groups excluding carboxylic acids is 1. The van der Waals surface area contributed by atoms with Crippen LogP contribution in [0.3, 0.4) is 0 Å². The van der Waals surface area contributed by atoms with Crippen molar-refractivity contribution in [2.24, 2.45) is 5.92 Å². The Morgan fingerprint density at radius 2 is 2.25 bits per heavy atom. The van der Waals surface area contributed by atoms with Gasteiger partial charge in [0.1, 0.15) is 11.6 Å². The van der Waals surface area contributed by atoms with Gasteiger partial charge in [0.05, 0.1) is 5.56 Å². The molecule has 2 aromatic rings. The van der Waals surface area contributed by atoms with Crippen LogP contribution in [-0.2, 0) is 0 Å². The van der Waals surface area contributed by atoms with Gasteiger partial charge in [0.2, 0.25) is 0 Å². The fraction of sp³-hybridized carbons (Fsp3) is 0.333. The molecule has 0 radical (unpaired) electrons. The molecule has 126 valence electrons. The Morgan fingerprint density at radius 3 is 3.04 bits per heavy atom. The van der Waals surface area contributed by atoms with E-state index in [1.807, 2.05) is 0 Å². The van der Waals surface area contributed by atoms with E-state index in [1.165, 1.54) is 12.1 Å². The van der Waals surface area contributed by atoms with E-state index in [2.05, 4.69) is 10.3 Å². The first-order valence-electron chi connectivity index (χ1n) is 8.05. The minimum absolute atomic E-state index is 0.0885. The lowest BCUT2D eigenvalue weighted by atomic mass is 9.98. The van der Waals surface area contributed by atoms with Crippen molar-refractivity contribution in [3.63, 3.8) is 0 Å². The maximum atomic E-state index is 13.3. The van der Waals surface area contributed by atoms with Crippen LogP contribution in [0.1, 0.15) is 23.2 Å². The summed E-state index contributed by atoms with van der Waals surface area (Å²) in [5.41, 5.74) is 0.981. The third kappa shape index (κ3) is 3.71. The fourth-order valence-corrected chi connectivity index (χ4v) is 2.95. The van der Waals surface area contributed by atoms with Gasteiger partial charge in [-0.15, -0.1) is 0 Å². The van der Waals surface area contributed by atoms with Gasteiger partial charge < -0.3 is 15.3 Å². The van der Waals surface area contributed by atoms with Crippen molar-refractivity contribution in [1.29, 1.82) is 0 Å². The second kappa shape index (κ2) is 7.40. The number of anilines is 2. The van der Waals surface area contributed by atoms with Crippen LogP contribution in [0.25, 0.3) is 0 Å². The second-order valence-corrected chi connectivity index (χ2v) is 5.98. The highest BCUT2D eigenvalue weighted by Gasteiger charge is 2.25. The number of aromatic nitrogens is 1. The van der Waals surface area contributed by atoms with Gasteiger partial charge in [-0.25, -0.2) is 9.37 Å². The summed E-state index contributed by atoms with van der Waals surface area (Å²) in [6.45, 7) is 1.30. The number of benzene rings is 1. The number of hydrogen-bond acceptors (Lipinski definition) is 4. The van der Waals surface area contributed by atoms with E-state index in [4.69, 9.17) is 0 Å². The number of aliphatic hydroxyl groups is 1. The predicted octanol–water partition coefficient (Wildman–Crippen LogP) is 2.81. The highest BCUT2D eigenvalue weighted by Crippen LogP contribution is 2.23. The Bertz CT molecular complexity index is 723. The first-order chi connectivity index (χ1) is 11.7. The number of amides is 1. The minimum atomic E-state index is -0.356. The summed E-state index contributed by atoms with van der Waals surface area (Å²) in [5, 5.41) is 12.3. The van der Waals surface area contributed by atoms with Gasteiger partial charge in [0, 0.05) is 31.6 Å². The number of nitrogens with one attached hydrogen (secondary N) is 1. The van der Waals surface area contributed by atoms with E-state index >= 15 is 0 Å². The molecule has 6 heteroatoms. The molecule has 0 spiro atoms. The summed E-state index contributed by atoms with van der Waals surface area (Å²) in [6.07, 6.45) is 3.40. The summed E-state index contributed by atoms with van der Waals surface area (Å²) in [4.78, 5) is 18.8. The molecule has 2 N–H and O–H groups in total. The normalized spacial score (nSPS) is 17.6. The van der Waals surface area contributed by atoms with Gasteiger partial charge in [-0.3, -0.25) is 4.79 Å². The number of hydrogen-bond donors (Lipinski definition) is 2. The molecule has 0 saturated carbocycles. The monoisotopic (exact) mass is 329 g/mol. The molecule has 1 amide bonds. The van der Waals surface area contributed by atoms with Crippen molar-refractivity contribution in [3.8, 4) is 0 Å². The topological polar surface area (TPSA) is 65.5 Å². The van der Waals surface area contributed by atoms with Crippen LogP contribution < -0.4 is 5.32 Å². The fourth-order valence-electron chi connectivity index (χ4n) is 2.95. The molecule has 3 rings (SSSR count). The number of piperidine rings is 1. The molecule has 1 fully saturated rings. The molecular weight excluding hydrogens is 309 g/mol. The maximum Gasteiger partial charge on any atom is 0.257 e. The average molecular weight is 329 g/mol. The molecular formula is C18H20FN3O2. The highest BCUT2D eigenvalue weighted by atomic mass is 19.1. The predicted molar refractivity (Wildman–Crippen MR) is 89.6 cm³/mol. The number of pyridine rings is 1. The van der Waals surface area contributed by atoms with Crippen molar-refractivity contribution >= 4 is 17.4 Å². The lowest BCUT2D eigenvalue weighted by molar-refractivity contribution is 0.0621. The molecule has 24 heavy (non-hydrogen) atoms. The SMILES string of the molecule is O=C(c1cccnc1Nc1cccc(F)c1)N1CCCC(CO)C1. The summed E-state index contributed by atoms with van der Waals surface area (Å²) in [7, 11) is 0. The Balaban J connectivity index is 1.82. The maximum absolute atomic E-state index is 13.3. The van der Waals surface area contributed by atoms with Gasteiger partial charge in [-0.05, 0) is 49.1 Å². The smallest absolute Gasteiger partial charge is 0.257 e. The summed E-state index contributed by atoms with van der Waals surface area (Å²) < 4.78 is 13.3. The minimum Gasteiger partial charge on any atom is -0.396 e. The molecule has 2 heterocycles. The van der Waals surface area contributed by atoms with Gasteiger partial charge >= 0.3 is 0 Å². The summed E-state index contributed by atoms with van der Waals surface area (Å²) in [5.74, 6) is 0.0454. The van der Waals surface area contributed by atoms with Crippen molar-refractivity contribution in [1.82, 2.24) is 9.88 Å². The number of rotatable bonds is 4. The number of nitrogens with zero attached hydrogens (tertiary/aromatic N) is 2. The Labute approximate surface area is 140 Å². The third-order valence-electron chi connectivity index (χ3n) is 4.19. The molecule has 1 aliphatic rings. The van der Waals surface area contributed by atoms with Crippen LogP contribution in [0.2, 0.25) is 0 Å². The van der Waals surface area contributed by atoms with Gasteiger partial charge in [0.25, 0.3) is 5.91 Å². The molecule has 0 aliphatic carbocycles. The quantitative estimate of drug-likeness (QED) is 0.905. The number of halogens is 1. The van der Waals surface area contributed by atoms with Crippen LogP contribution in [0, 0.1) is 11.7 Å². The van der Waals surface area contributed by atoms with E-state index in [-0.39, 0.29) is 24.2 Å². The van der Waals surface area contributed by atoms with Crippen LogP contribution in [0.15, 0.2) is 42.6 Å². The van der Waals surface area contributed by atoms with E-state index in [0.29, 0.717) is 30.2 Å². The van der Waals surface area contributed by atoms with Gasteiger partial charge in [-0.1, -0.05) is 6.07 Å². The zero-order valence-corrected chi connectivity index (χ0v) is 13.3. The first-order valence-corrected chi connectivity index (χ1v) is 8.05. The Hall–Kier alpha value is -2.47. The second-order valence-electron chi connectivity index (χ2n) is 5.98. The van der Waals surface area contributed by atoms with Gasteiger partial charge in [0.15, 0.2) is 0 Å². The van der Waals surface area contributed by atoms with E-state index in [1.54, 1.807) is 35.4 Å². The molecule has 5 nitrogen and oxygen atoms in total. The lowest BCUT2D eigenvalue weighted by Gasteiger charge is -2.32. The average Bonchev–Trinajstić information content (AvgIpc) is 2.62.